The second kappa shape index (κ2) is 11.0. The van der Waals surface area contributed by atoms with Crippen molar-refractivity contribution in [3.05, 3.63) is 99.6 Å². The Hall–Kier alpha value is -4.57. The van der Waals surface area contributed by atoms with Crippen LogP contribution in [0.2, 0.25) is 0 Å². The lowest BCUT2D eigenvalue weighted by Gasteiger charge is -2.31. The zero-order valence-corrected chi connectivity index (χ0v) is 20.5. The molecule has 1 atom stereocenters. The maximum Gasteiger partial charge on any atom is 0.269 e. The number of hydrogen-bond acceptors (Lipinski definition) is 6. The largest absolute Gasteiger partial charge is 0.340 e. The van der Waals surface area contributed by atoms with E-state index in [2.05, 4.69) is 10.6 Å². The molecule has 2 N–H and O–H groups in total. The highest BCUT2D eigenvalue weighted by Gasteiger charge is 2.34. The van der Waals surface area contributed by atoms with Crippen molar-refractivity contribution in [2.45, 2.75) is 12.5 Å². The number of amides is 3. The molecule has 4 rings (SSSR count). The van der Waals surface area contributed by atoms with Crippen LogP contribution in [0.1, 0.15) is 38.7 Å². The minimum absolute atomic E-state index is 0.0111. The van der Waals surface area contributed by atoms with Crippen LogP contribution in [0.3, 0.4) is 0 Å². The Morgan fingerprint density at radius 1 is 1.08 bits per heavy atom. The van der Waals surface area contributed by atoms with E-state index in [9.17, 15) is 24.5 Å². The quantitative estimate of drug-likeness (QED) is 0.376. The fourth-order valence-corrected chi connectivity index (χ4v) is 4.27. The van der Waals surface area contributed by atoms with Crippen LogP contribution in [0.25, 0.3) is 0 Å². The van der Waals surface area contributed by atoms with E-state index in [0.29, 0.717) is 30.0 Å². The fraction of sp³-hybridized carbons (Fsp3) is 0.222. The van der Waals surface area contributed by atoms with Gasteiger partial charge in [0.25, 0.3) is 17.5 Å². The Morgan fingerprint density at radius 2 is 1.76 bits per heavy atom. The van der Waals surface area contributed by atoms with Crippen molar-refractivity contribution in [1.82, 2.24) is 10.2 Å². The van der Waals surface area contributed by atoms with Crippen LogP contribution in [0.5, 0.6) is 0 Å². The number of carbonyl (C=O) groups excluding carboxylic acids is 3. The SMILES string of the molecule is CNCCN(C)C(=O)c1ccc2c(c1)NC(=O)CC(c1ccccc1)N2C(=O)c1ccc([N+](=O)[O-])cc1. The number of nitrogens with zero attached hydrogens (tertiary/aromatic N) is 3. The van der Waals surface area contributed by atoms with Crippen LogP contribution < -0.4 is 15.5 Å². The highest BCUT2D eigenvalue weighted by atomic mass is 16.6. The third-order valence-electron chi connectivity index (χ3n) is 6.24. The van der Waals surface area contributed by atoms with Gasteiger partial charge in [0.15, 0.2) is 0 Å². The molecule has 0 bridgehead atoms. The van der Waals surface area contributed by atoms with Gasteiger partial charge in [-0.2, -0.15) is 0 Å². The highest BCUT2D eigenvalue weighted by molar-refractivity contribution is 6.12. The molecule has 0 fully saturated rings. The Labute approximate surface area is 214 Å². The van der Waals surface area contributed by atoms with Gasteiger partial charge in [0.05, 0.1) is 28.8 Å². The first-order valence-electron chi connectivity index (χ1n) is 11.8. The number of fused-ring (bicyclic) bond motifs is 1. The van der Waals surface area contributed by atoms with Gasteiger partial charge in [-0.1, -0.05) is 30.3 Å². The van der Waals surface area contributed by atoms with Gasteiger partial charge in [-0.15, -0.1) is 0 Å². The first-order chi connectivity index (χ1) is 17.8. The van der Waals surface area contributed by atoms with Crippen molar-refractivity contribution in [1.29, 1.82) is 0 Å². The Morgan fingerprint density at radius 3 is 2.41 bits per heavy atom. The lowest BCUT2D eigenvalue weighted by molar-refractivity contribution is -0.384. The molecule has 0 saturated heterocycles. The van der Waals surface area contributed by atoms with Gasteiger partial charge in [0.2, 0.25) is 5.91 Å². The second-order valence-corrected chi connectivity index (χ2v) is 8.72. The normalized spacial score (nSPS) is 14.8. The summed E-state index contributed by atoms with van der Waals surface area (Å²) in [6, 6.07) is 18.8. The van der Waals surface area contributed by atoms with E-state index >= 15 is 0 Å². The molecule has 1 aliphatic heterocycles. The second-order valence-electron chi connectivity index (χ2n) is 8.72. The summed E-state index contributed by atoms with van der Waals surface area (Å²) >= 11 is 0. The maximum absolute atomic E-state index is 13.9. The molecular formula is C27H27N5O5. The zero-order chi connectivity index (χ0) is 26.5. The van der Waals surface area contributed by atoms with Crippen molar-refractivity contribution in [3.63, 3.8) is 0 Å². The molecule has 0 saturated carbocycles. The number of non-ortho nitro benzene ring substituents is 1. The van der Waals surface area contributed by atoms with Gasteiger partial charge in [-0.3, -0.25) is 29.4 Å². The molecule has 3 aromatic carbocycles. The van der Waals surface area contributed by atoms with Gasteiger partial charge in [0, 0.05) is 43.4 Å². The standard InChI is InChI=1S/C27H27N5O5/c1-28-14-15-30(2)26(34)20-10-13-23-22(16-20)29-25(33)17-24(18-6-4-3-5-7-18)31(23)27(35)19-8-11-21(12-9-19)32(36)37/h3-13,16,24,28H,14-15,17H2,1-2H3,(H,29,33). The number of rotatable bonds is 7. The van der Waals surface area contributed by atoms with Crippen molar-refractivity contribution in [3.8, 4) is 0 Å². The van der Waals surface area contributed by atoms with E-state index in [-0.39, 0.29) is 29.5 Å². The van der Waals surface area contributed by atoms with Crippen LogP contribution in [0.4, 0.5) is 17.1 Å². The van der Waals surface area contributed by atoms with Crippen LogP contribution >= 0.6 is 0 Å². The Bertz CT molecular complexity index is 1330. The van der Waals surface area contributed by atoms with Crippen LogP contribution in [0.15, 0.2) is 72.8 Å². The van der Waals surface area contributed by atoms with Crippen molar-refractivity contribution < 1.29 is 19.3 Å². The van der Waals surface area contributed by atoms with E-state index in [4.69, 9.17) is 0 Å². The van der Waals surface area contributed by atoms with Gasteiger partial charge in [0.1, 0.15) is 0 Å². The number of nitro groups is 1. The van der Waals surface area contributed by atoms with E-state index in [1.807, 2.05) is 30.3 Å². The molecule has 3 amide bonds. The lowest BCUT2D eigenvalue weighted by Crippen LogP contribution is -2.35. The van der Waals surface area contributed by atoms with Gasteiger partial charge in [-0.05, 0) is 42.9 Å². The molecule has 3 aromatic rings. The van der Waals surface area contributed by atoms with E-state index in [1.165, 1.54) is 29.2 Å². The number of carbonyl (C=O) groups is 3. The van der Waals surface area contributed by atoms with Crippen LogP contribution in [0, 0.1) is 10.1 Å². The molecular weight excluding hydrogens is 474 g/mol. The number of benzene rings is 3. The summed E-state index contributed by atoms with van der Waals surface area (Å²) < 4.78 is 0. The summed E-state index contributed by atoms with van der Waals surface area (Å²) in [5, 5.41) is 16.9. The average molecular weight is 502 g/mol. The van der Waals surface area contributed by atoms with Crippen molar-refractivity contribution in [2.75, 3.05) is 37.4 Å². The van der Waals surface area contributed by atoms with E-state index < -0.39 is 16.9 Å². The van der Waals surface area contributed by atoms with Gasteiger partial charge < -0.3 is 15.5 Å². The van der Waals surface area contributed by atoms with Crippen molar-refractivity contribution >= 4 is 34.8 Å². The number of anilines is 2. The molecule has 0 aromatic heterocycles. The summed E-state index contributed by atoms with van der Waals surface area (Å²) in [7, 11) is 3.50. The first kappa shape index (κ1) is 25.5. The predicted molar refractivity (Wildman–Crippen MR) is 140 cm³/mol. The third kappa shape index (κ3) is 5.49. The minimum Gasteiger partial charge on any atom is -0.340 e. The topological polar surface area (TPSA) is 125 Å². The number of likely N-dealkylation sites (N-methyl/N-ethyl adjacent to an activating group) is 2. The van der Waals surface area contributed by atoms with Gasteiger partial charge in [-0.25, -0.2) is 0 Å². The molecule has 10 heteroatoms. The van der Waals surface area contributed by atoms with Crippen LogP contribution in [-0.2, 0) is 4.79 Å². The smallest absolute Gasteiger partial charge is 0.269 e. The number of nitro benzene ring substituents is 1. The summed E-state index contributed by atoms with van der Waals surface area (Å²) in [6.07, 6.45) is -0.0111. The Kier molecular flexibility index (Phi) is 7.59. The molecule has 0 radical (unpaired) electrons. The average Bonchev–Trinajstić information content (AvgIpc) is 3.06. The Balaban J connectivity index is 1.80. The molecule has 0 aliphatic carbocycles. The molecule has 1 heterocycles. The molecule has 1 unspecified atom stereocenters. The minimum atomic E-state index is -0.634. The molecule has 37 heavy (non-hydrogen) atoms. The fourth-order valence-electron chi connectivity index (χ4n) is 4.27. The van der Waals surface area contributed by atoms with E-state index in [1.54, 1.807) is 37.2 Å². The first-order valence-corrected chi connectivity index (χ1v) is 11.8. The van der Waals surface area contributed by atoms with Crippen molar-refractivity contribution in [2.24, 2.45) is 0 Å². The van der Waals surface area contributed by atoms with Gasteiger partial charge >= 0.3 is 0 Å². The molecule has 0 spiro atoms. The predicted octanol–water partition coefficient (Wildman–Crippen LogP) is 3.62. The lowest BCUT2D eigenvalue weighted by atomic mass is 9.99. The number of hydrogen-bond donors (Lipinski definition) is 2. The molecule has 190 valence electrons. The maximum atomic E-state index is 13.9. The molecule has 1 aliphatic rings. The number of nitrogens with one attached hydrogen (secondary N) is 2. The third-order valence-corrected chi connectivity index (χ3v) is 6.24. The summed E-state index contributed by atoms with van der Waals surface area (Å²) in [6.45, 7) is 1.12. The summed E-state index contributed by atoms with van der Waals surface area (Å²) in [5.74, 6) is -0.946. The van der Waals surface area contributed by atoms with E-state index in [0.717, 1.165) is 5.56 Å². The summed E-state index contributed by atoms with van der Waals surface area (Å²) in [5.41, 5.74) is 2.00. The highest BCUT2D eigenvalue weighted by Crippen LogP contribution is 2.39. The molecule has 10 nitrogen and oxygen atoms in total. The monoisotopic (exact) mass is 501 g/mol. The van der Waals surface area contributed by atoms with Crippen LogP contribution in [-0.4, -0.2) is 54.7 Å². The zero-order valence-electron chi connectivity index (χ0n) is 20.5. The summed E-state index contributed by atoms with van der Waals surface area (Å²) in [4.78, 5) is 53.5.